The lowest BCUT2D eigenvalue weighted by Gasteiger charge is -2.11. The smallest absolute Gasteiger partial charge is 0.253 e. The molecule has 2 aliphatic carbocycles. The summed E-state index contributed by atoms with van der Waals surface area (Å²) in [6, 6.07) is 0. The molecule has 2 saturated carbocycles. The van der Waals surface area contributed by atoms with Crippen molar-refractivity contribution in [2.75, 3.05) is 6.54 Å². The van der Waals surface area contributed by atoms with Gasteiger partial charge in [-0.3, -0.25) is 4.79 Å². The maximum absolute atomic E-state index is 12.2. The van der Waals surface area contributed by atoms with Crippen molar-refractivity contribution in [1.82, 2.24) is 14.9 Å². The monoisotopic (exact) mass is 293 g/mol. The van der Waals surface area contributed by atoms with E-state index in [-0.39, 0.29) is 5.91 Å². The second kappa shape index (κ2) is 4.24. The predicted molar refractivity (Wildman–Crippen MR) is 76.6 cm³/mol. The SMILES string of the molecule is O=C(NCC1CCC2(CC2)C1)c1csc2nnsc12. The van der Waals surface area contributed by atoms with Crippen LogP contribution < -0.4 is 5.32 Å². The highest BCUT2D eigenvalue weighted by atomic mass is 32.1. The summed E-state index contributed by atoms with van der Waals surface area (Å²) in [7, 11) is 0. The van der Waals surface area contributed by atoms with Gasteiger partial charge < -0.3 is 5.32 Å². The minimum atomic E-state index is 0.0362. The van der Waals surface area contributed by atoms with Crippen LogP contribution in [0.5, 0.6) is 0 Å². The van der Waals surface area contributed by atoms with Gasteiger partial charge in [0.1, 0.15) is 0 Å². The van der Waals surface area contributed by atoms with Crippen LogP contribution in [0.2, 0.25) is 0 Å². The maximum Gasteiger partial charge on any atom is 0.253 e. The van der Waals surface area contributed by atoms with E-state index >= 15 is 0 Å². The number of fused-ring (bicyclic) bond motifs is 1. The molecule has 0 radical (unpaired) electrons. The molecule has 2 fully saturated rings. The van der Waals surface area contributed by atoms with Crippen molar-refractivity contribution in [2.45, 2.75) is 32.1 Å². The minimum absolute atomic E-state index is 0.0362. The average molecular weight is 293 g/mol. The summed E-state index contributed by atoms with van der Waals surface area (Å²) in [5.74, 6) is 0.717. The number of amides is 1. The highest BCUT2D eigenvalue weighted by Gasteiger charge is 2.47. The van der Waals surface area contributed by atoms with E-state index in [1.807, 2.05) is 5.38 Å². The molecule has 4 nitrogen and oxygen atoms in total. The second-order valence-corrected chi connectivity index (χ2v) is 7.49. The molecule has 2 heterocycles. The molecular weight excluding hydrogens is 278 g/mol. The Morgan fingerprint density at radius 2 is 2.37 bits per heavy atom. The van der Waals surface area contributed by atoms with Gasteiger partial charge >= 0.3 is 0 Å². The van der Waals surface area contributed by atoms with Crippen LogP contribution in [0, 0.1) is 11.3 Å². The predicted octanol–water partition coefficient (Wildman–Crippen LogP) is 3.06. The molecule has 1 spiro atoms. The molecule has 19 heavy (non-hydrogen) atoms. The average Bonchev–Trinajstić information content (AvgIpc) is 2.80. The van der Waals surface area contributed by atoms with Gasteiger partial charge in [-0.2, -0.15) is 0 Å². The fraction of sp³-hybridized carbons (Fsp3) is 0.615. The second-order valence-electron chi connectivity index (χ2n) is 5.88. The van der Waals surface area contributed by atoms with Crippen LogP contribution in [0.3, 0.4) is 0 Å². The van der Waals surface area contributed by atoms with Gasteiger partial charge in [-0.1, -0.05) is 4.49 Å². The summed E-state index contributed by atoms with van der Waals surface area (Å²) in [5.41, 5.74) is 1.43. The highest BCUT2D eigenvalue weighted by Crippen LogP contribution is 2.59. The number of nitrogens with zero attached hydrogens (tertiary/aromatic N) is 2. The van der Waals surface area contributed by atoms with E-state index in [0.29, 0.717) is 11.3 Å². The number of hydrogen-bond donors (Lipinski definition) is 1. The first-order valence-electron chi connectivity index (χ1n) is 6.74. The molecular formula is C13H15N3OS2. The summed E-state index contributed by atoms with van der Waals surface area (Å²) < 4.78 is 4.81. The number of hydrogen-bond acceptors (Lipinski definition) is 5. The van der Waals surface area contributed by atoms with Crippen molar-refractivity contribution in [2.24, 2.45) is 11.3 Å². The molecule has 2 aromatic rings. The van der Waals surface area contributed by atoms with Crippen LogP contribution >= 0.6 is 22.9 Å². The highest BCUT2D eigenvalue weighted by molar-refractivity contribution is 7.24. The lowest BCUT2D eigenvalue weighted by atomic mass is 10.0. The molecule has 0 bridgehead atoms. The Morgan fingerprint density at radius 3 is 3.16 bits per heavy atom. The zero-order valence-corrected chi connectivity index (χ0v) is 12.1. The molecule has 0 aliphatic heterocycles. The normalized spacial score (nSPS) is 24.1. The van der Waals surface area contributed by atoms with E-state index in [1.165, 1.54) is 55.0 Å². The fourth-order valence-corrected chi connectivity index (χ4v) is 4.93. The third kappa shape index (κ3) is 2.07. The first-order valence-corrected chi connectivity index (χ1v) is 8.39. The van der Waals surface area contributed by atoms with Crippen LogP contribution in [0.15, 0.2) is 5.38 Å². The van der Waals surface area contributed by atoms with Crippen molar-refractivity contribution in [3.05, 3.63) is 10.9 Å². The van der Waals surface area contributed by atoms with Crippen molar-refractivity contribution in [1.29, 1.82) is 0 Å². The van der Waals surface area contributed by atoms with E-state index in [2.05, 4.69) is 14.9 Å². The lowest BCUT2D eigenvalue weighted by Crippen LogP contribution is -2.28. The number of carbonyl (C=O) groups is 1. The van der Waals surface area contributed by atoms with Crippen molar-refractivity contribution in [3.63, 3.8) is 0 Å². The molecule has 1 atom stereocenters. The Balaban J connectivity index is 1.40. The van der Waals surface area contributed by atoms with Crippen LogP contribution in [0.25, 0.3) is 9.53 Å². The minimum Gasteiger partial charge on any atom is -0.352 e. The van der Waals surface area contributed by atoms with Crippen molar-refractivity contribution in [3.8, 4) is 0 Å². The quantitative estimate of drug-likeness (QED) is 0.946. The zero-order chi connectivity index (χ0) is 12.9. The Labute approximate surface area is 119 Å². The Morgan fingerprint density at radius 1 is 1.47 bits per heavy atom. The molecule has 6 heteroatoms. The van der Waals surface area contributed by atoms with E-state index in [9.17, 15) is 4.79 Å². The molecule has 0 saturated heterocycles. The van der Waals surface area contributed by atoms with Gasteiger partial charge in [0.05, 0.1) is 10.3 Å². The van der Waals surface area contributed by atoms with Gasteiger partial charge in [-0.25, -0.2) is 0 Å². The Kier molecular flexibility index (Phi) is 2.63. The molecule has 2 aromatic heterocycles. The summed E-state index contributed by atoms with van der Waals surface area (Å²) >= 11 is 2.80. The summed E-state index contributed by atoms with van der Waals surface area (Å²) in [6.45, 7) is 0.824. The molecule has 2 aliphatic rings. The van der Waals surface area contributed by atoms with Crippen LogP contribution in [0.1, 0.15) is 42.5 Å². The third-order valence-corrected chi connectivity index (χ3v) is 6.30. The zero-order valence-electron chi connectivity index (χ0n) is 10.5. The number of thiophene rings is 1. The van der Waals surface area contributed by atoms with Gasteiger partial charge in [0.15, 0.2) is 4.83 Å². The van der Waals surface area contributed by atoms with Gasteiger partial charge in [0.25, 0.3) is 5.91 Å². The summed E-state index contributed by atoms with van der Waals surface area (Å²) in [4.78, 5) is 13.1. The van der Waals surface area contributed by atoms with E-state index in [0.717, 1.165) is 21.6 Å². The number of carbonyl (C=O) groups excluding carboxylic acids is 1. The van der Waals surface area contributed by atoms with Crippen molar-refractivity contribution < 1.29 is 4.79 Å². The van der Waals surface area contributed by atoms with E-state index in [4.69, 9.17) is 0 Å². The van der Waals surface area contributed by atoms with Gasteiger partial charge in [0, 0.05) is 11.9 Å². The maximum atomic E-state index is 12.2. The largest absolute Gasteiger partial charge is 0.352 e. The standard InChI is InChI=1S/C13H15N3OS2/c17-11(9-7-18-12-10(9)19-16-15-12)14-6-8-1-2-13(5-8)3-4-13/h7-8H,1-6H2,(H,14,17). The molecule has 1 N–H and O–H groups in total. The van der Waals surface area contributed by atoms with Gasteiger partial charge in [0.2, 0.25) is 0 Å². The Bertz CT molecular complexity index is 629. The first kappa shape index (κ1) is 11.8. The topological polar surface area (TPSA) is 54.9 Å². The van der Waals surface area contributed by atoms with E-state index in [1.54, 1.807) is 0 Å². The van der Waals surface area contributed by atoms with Crippen LogP contribution in [-0.2, 0) is 0 Å². The van der Waals surface area contributed by atoms with Gasteiger partial charge in [-0.15, -0.1) is 16.4 Å². The molecule has 1 unspecified atom stereocenters. The Hall–Kier alpha value is -1.01. The molecule has 1 amide bonds. The van der Waals surface area contributed by atoms with Crippen molar-refractivity contribution >= 4 is 38.3 Å². The third-order valence-electron chi connectivity index (χ3n) is 4.55. The van der Waals surface area contributed by atoms with Crippen LogP contribution in [-0.4, -0.2) is 22.0 Å². The van der Waals surface area contributed by atoms with Gasteiger partial charge in [-0.05, 0) is 55.0 Å². The molecule has 100 valence electrons. The number of nitrogens with one attached hydrogen (secondary N) is 1. The number of aromatic nitrogens is 2. The molecule has 0 aromatic carbocycles. The fourth-order valence-electron chi connectivity index (χ4n) is 3.21. The van der Waals surface area contributed by atoms with Crippen LogP contribution in [0.4, 0.5) is 0 Å². The van der Waals surface area contributed by atoms with E-state index < -0.39 is 0 Å². The number of rotatable bonds is 3. The molecule has 4 rings (SSSR count). The summed E-state index contributed by atoms with van der Waals surface area (Å²) in [6.07, 6.45) is 6.79. The summed E-state index contributed by atoms with van der Waals surface area (Å²) in [5, 5.41) is 8.98. The lowest BCUT2D eigenvalue weighted by molar-refractivity contribution is 0.0949. The first-order chi connectivity index (χ1) is 9.26.